The summed E-state index contributed by atoms with van der Waals surface area (Å²) < 4.78 is 5.88. The predicted molar refractivity (Wildman–Crippen MR) is 92.4 cm³/mol. The minimum atomic E-state index is -0.791. The Morgan fingerprint density at radius 1 is 1.28 bits per heavy atom. The fraction of sp³-hybridized carbons (Fsp3) is 0.650. The maximum atomic E-state index is 12.8. The molecule has 5 nitrogen and oxygen atoms in total. The van der Waals surface area contributed by atoms with Crippen molar-refractivity contribution in [3.63, 3.8) is 0 Å². The number of carbonyl (C=O) groups is 1. The number of Topliss-reactive ketones (excluding diaryl/α,β-unsaturated/α-hetero) is 1. The molecule has 134 valence electrons. The summed E-state index contributed by atoms with van der Waals surface area (Å²) in [6.45, 7) is 1.65. The van der Waals surface area contributed by atoms with Crippen LogP contribution in [0.5, 0.6) is 0 Å². The topological polar surface area (TPSA) is 70.0 Å². The third-order valence-corrected chi connectivity index (χ3v) is 7.11. The van der Waals surface area contributed by atoms with Crippen molar-refractivity contribution in [2.24, 2.45) is 17.8 Å². The Balaban J connectivity index is 1.49. The Hall–Kier alpha value is -1.43. The van der Waals surface area contributed by atoms with Crippen molar-refractivity contribution >= 4 is 11.5 Å². The summed E-state index contributed by atoms with van der Waals surface area (Å²) in [6.07, 6.45) is 2.57. The van der Waals surface area contributed by atoms with E-state index in [1.165, 1.54) is 0 Å². The van der Waals surface area contributed by atoms with E-state index in [1.54, 1.807) is 0 Å². The molecule has 0 aromatic heterocycles. The van der Waals surface area contributed by atoms with Crippen molar-refractivity contribution in [1.29, 1.82) is 0 Å². The summed E-state index contributed by atoms with van der Waals surface area (Å²) in [6, 6.07) is 8.47. The first-order chi connectivity index (χ1) is 12.1. The number of nitrogens with zero attached hydrogens (tertiary/aromatic N) is 1. The summed E-state index contributed by atoms with van der Waals surface area (Å²) in [4.78, 5) is 15.1. The number of ketones is 1. The monoisotopic (exact) mass is 343 g/mol. The Kier molecular flexibility index (Phi) is 3.50. The van der Waals surface area contributed by atoms with Gasteiger partial charge in [0.15, 0.2) is 0 Å². The van der Waals surface area contributed by atoms with Crippen LogP contribution in [0.4, 0.5) is 5.69 Å². The molecule has 5 aliphatic rings. The van der Waals surface area contributed by atoms with Crippen LogP contribution < -0.4 is 4.90 Å². The van der Waals surface area contributed by atoms with Gasteiger partial charge in [0.1, 0.15) is 5.78 Å². The zero-order valence-corrected chi connectivity index (χ0v) is 14.3. The highest BCUT2D eigenvalue weighted by atomic mass is 16.5. The van der Waals surface area contributed by atoms with E-state index in [0.717, 1.165) is 24.2 Å². The van der Waals surface area contributed by atoms with Crippen LogP contribution in [0.1, 0.15) is 24.8 Å². The number of anilines is 1. The molecule has 2 N–H and O–H groups in total. The molecule has 1 aromatic rings. The van der Waals surface area contributed by atoms with Crippen LogP contribution in [0.15, 0.2) is 24.3 Å². The van der Waals surface area contributed by atoms with E-state index >= 15 is 0 Å². The molecule has 2 heterocycles. The van der Waals surface area contributed by atoms with Gasteiger partial charge in [0.05, 0.1) is 17.6 Å². The van der Waals surface area contributed by atoms with Crippen molar-refractivity contribution in [1.82, 2.24) is 0 Å². The molecule has 3 aliphatic carbocycles. The van der Waals surface area contributed by atoms with Gasteiger partial charge in [0.25, 0.3) is 0 Å². The third kappa shape index (κ3) is 2.09. The van der Waals surface area contributed by atoms with Gasteiger partial charge in [-0.2, -0.15) is 0 Å². The van der Waals surface area contributed by atoms with Gasteiger partial charge >= 0.3 is 0 Å². The van der Waals surface area contributed by atoms with Crippen molar-refractivity contribution in [2.75, 3.05) is 24.7 Å². The van der Waals surface area contributed by atoms with Crippen molar-refractivity contribution < 1.29 is 19.7 Å². The molecule has 0 spiro atoms. The summed E-state index contributed by atoms with van der Waals surface area (Å²) in [5.41, 5.74) is 1.47. The van der Waals surface area contributed by atoms with Crippen LogP contribution in [-0.2, 0) is 16.0 Å². The number of ether oxygens (including phenoxy) is 1. The number of rotatable bonds is 3. The van der Waals surface area contributed by atoms with E-state index in [1.807, 2.05) is 0 Å². The standard InChI is InChI=1S/C20H25NO4/c22-9-6-12-1-3-13(4-2-12)21-8-5-14-15-11-16(23)17(18(14)21)19-20(15,24)7-10-25-19/h1-4,14-15,17-19,22,24H,5-11H2/t14?,15?,17-,18-,19-,20?/m1/s1. The van der Waals surface area contributed by atoms with Gasteiger partial charge in [-0.1, -0.05) is 12.1 Å². The first kappa shape index (κ1) is 15.8. The molecule has 1 aromatic carbocycles. The zero-order valence-electron chi connectivity index (χ0n) is 14.3. The summed E-state index contributed by atoms with van der Waals surface area (Å²) in [7, 11) is 0. The predicted octanol–water partition coefficient (Wildman–Crippen LogP) is 1.16. The summed E-state index contributed by atoms with van der Waals surface area (Å²) in [5.74, 6) is 0.484. The molecule has 6 rings (SSSR count). The summed E-state index contributed by atoms with van der Waals surface area (Å²) in [5, 5.41) is 20.3. The van der Waals surface area contributed by atoms with Gasteiger partial charge in [0, 0.05) is 50.2 Å². The minimum Gasteiger partial charge on any atom is -0.396 e. The van der Waals surface area contributed by atoms with Crippen molar-refractivity contribution in [3.8, 4) is 0 Å². The molecule has 2 saturated heterocycles. The lowest BCUT2D eigenvalue weighted by Gasteiger charge is -2.56. The van der Waals surface area contributed by atoms with Crippen molar-refractivity contribution in [2.45, 2.75) is 43.4 Å². The molecule has 2 bridgehead atoms. The highest BCUT2D eigenvalue weighted by Crippen LogP contribution is 2.58. The van der Waals surface area contributed by atoms with Crippen LogP contribution in [0.25, 0.3) is 0 Å². The number of hydrogen-bond acceptors (Lipinski definition) is 5. The van der Waals surface area contributed by atoms with Gasteiger partial charge in [-0.25, -0.2) is 0 Å². The molecule has 0 amide bonds. The molecule has 5 heteroatoms. The second kappa shape index (κ2) is 5.53. The molecular weight excluding hydrogens is 318 g/mol. The van der Waals surface area contributed by atoms with E-state index in [0.29, 0.717) is 31.8 Å². The number of fused-ring (bicyclic) bond motifs is 1. The molecule has 3 unspecified atom stereocenters. The molecule has 3 saturated carbocycles. The van der Waals surface area contributed by atoms with Gasteiger partial charge in [-0.05, 0) is 36.5 Å². The molecule has 6 atom stereocenters. The fourth-order valence-corrected chi connectivity index (χ4v) is 6.06. The first-order valence-electron chi connectivity index (χ1n) is 9.46. The Bertz CT molecular complexity index is 689. The van der Waals surface area contributed by atoms with Gasteiger partial charge in [-0.15, -0.1) is 0 Å². The molecule has 0 radical (unpaired) electrons. The lowest BCUT2D eigenvalue weighted by Crippen LogP contribution is -2.69. The second-order valence-corrected chi connectivity index (χ2v) is 8.11. The van der Waals surface area contributed by atoms with Crippen molar-refractivity contribution in [3.05, 3.63) is 29.8 Å². The number of aliphatic hydroxyl groups excluding tert-OH is 1. The quantitative estimate of drug-likeness (QED) is 0.862. The number of benzene rings is 1. The zero-order chi connectivity index (χ0) is 17.2. The molecular formula is C20H25NO4. The Morgan fingerprint density at radius 2 is 2.08 bits per heavy atom. The van der Waals surface area contributed by atoms with Crippen LogP contribution in [0.2, 0.25) is 0 Å². The lowest BCUT2D eigenvalue weighted by molar-refractivity contribution is -0.186. The number of hydrogen-bond donors (Lipinski definition) is 2. The summed E-state index contributed by atoms with van der Waals surface area (Å²) >= 11 is 0. The Morgan fingerprint density at radius 3 is 2.84 bits per heavy atom. The first-order valence-corrected chi connectivity index (χ1v) is 9.46. The maximum absolute atomic E-state index is 12.8. The second-order valence-electron chi connectivity index (χ2n) is 8.11. The smallest absolute Gasteiger partial charge is 0.141 e. The van der Waals surface area contributed by atoms with E-state index < -0.39 is 5.60 Å². The highest BCUT2D eigenvalue weighted by molar-refractivity contribution is 5.86. The number of carbonyl (C=O) groups excluding carboxylic acids is 1. The third-order valence-electron chi connectivity index (χ3n) is 7.11. The largest absolute Gasteiger partial charge is 0.396 e. The van der Waals surface area contributed by atoms with E-state index in [4.69, 9.17) is 9.84 Å². The van der Waals surface area contributed by atoms with E-state index in [9.17, 15) is 9.90 Å². The fourth-order valence-electron chi connectivity index (χ4n) is 6.06. The SMILES string of the molecule is O=C1CC2C3CCN(c4ccc(CCO)cc4)[C@H]3[C@@H]1[C@H]1OCCC21O. The van der Waals surface area contributed by atoms with Crippen LogP contribution >= 0.6 is 0 Å². The van der Waals surface area contributed by atoms with Crippen LogP contribution in [0, 0.1) is 17.8 Å². The van der Waals surface area contributed by atoms with E-state index in [2.05, 4.69) is 29.2 Å². The van der Waals surface area contributed by atoms with Crippen LogP contribution in [-0.4, -0.2) is 53.5 Å². The van der Waals surface area contributed by atoms with Gasteiger partial charge in [0.2, 0.25) is 0 Å². The molecule has 5 fully saturated rings. The highest BCUT2D eigenvalue weighted by Gasteiger charge is 2.68. The normalized spacial score (nSPS) is 41.9. The van der Waals surface area contributed by atoms with E-state index in [-0.39, 0.29) is 36.4 Å². The van der Waals surface area contributed by atoms with Crippen LogP contribution in [0.3, 0.4) is 0 Å². The average molecular weight is 343 g/mol. The lowest BCUT2D eigenvalue weighted by atomic mass is 9.53. The van der Waals surface area contributed by atoms with Gasteiger partial charge in [-0.3, -0.25) is 4.79 Å². The molecule has 2 aliphatic heterocycles. The number of aliphatic hydroxyl groups is 2. The average Bonchev–Trinajstić information content (AvgIpc) is 3.21. The van der Waals surface area contributed by atoms with Gasteiger partial charge < -0.3 is 19.8 Å². The Labute approximate surface area is 147 Å². The molecule has 25 heavy (non-hydrogen) atoms. The minimum absolute atomic E-state index is 0.0427. The maximum Gasteiger partial charge on any atom is 0.141 e.